The first-order chi connectivity index (χ1) is 8.75. The van der Waals surface area contributed by atoms with E-state index in [1.807, 2.05) is 13.0 Å². The van der Waals surface area contributed by atoms with Crippen LogP contribution in [0.25, 0.3) is 11.2 Å². The Bertz CT molecular complexity index is 686. The highest BCUT2D eigenvalue weighted by Gasteiger charge is 2.18. The summed E-state index contributed by atoms with van der Waals surface area (Å²) < 4.78 is 2.20. The van der Waals surface area contributed by atoms with Gasteiger partial charge in [-0.05, 0) is 10.5 Å². The highest BCUT2D eigenvalue weighted by atomic mass is 15.1. The number of aromatic nitrogens is 4. The molecule has 2 heterocycles. The zero-order valence-electron chi connectivity index (χ0n) is 10.5. The summed E-state index contributed by atoms with van der Waals surface area (Å²) in [5.74, 6) is 0.982. The van der Waals surface area contributed by atoms with Crippen LogP contribution in [0.3, 0.4) is 0 Å². The fraction of sp³-hybridized carbons (Fsp3) is 0.214. The molecule has 0 fully saturated rings. The van der Waals surface area contributed by atoms with Gasteiger partial charge in [0.05, 0.1) is 6.33 Å². The molecule has 4 nitrogen and oxygen atoms in total. The van der Waals surface area contributed by atoms with Crippen LogP contribution >= 0.6 is 0 Å². The molecule has 1 N–H and O–H groups in total. The van der Waals surface area contributed by atoms with E-state index in [1.54, 1.807) is 6.33 Å². The van der Waals surface area contributed by atoms with Gasteiger partial charge < -0.3 is 4.98 Å². The maximum atomic E-state index is 4.51. The predicted octanol–water partition coefficient (Wildman–Crippen LogP) is 1.91. The molecule has 0 aliphatic carbocycles. The minimum absolute atomic E-state index is 0.786. The van der Waals surface area contributed by atoms with Gasteiger partial charge >= 0.3 is 0 Å². The fourth-order valence-corrected chi connectivity index (χ4v) is 2.23. The molecule has 1 aromatic carbocycles. The molecule has 3 aromatic rings. The van der Waals surface area contributed by atoms with Gasteiger partial charge in [0.1, 0.15) is 12.2 Å². The summed E-state index contributed by atoms with van der Waals surface area (Å²) in [7, 11) is 0. The number of hydrogen-bond donors (Lipinski definition) is 1. The lowest BCUT2D eigenvalue weighted by atomic mass is 10.2. The maximum Gasteiger partial charge on any atom is 0.298 e. The molecular weight excluding hydrogens is 224 g/mol. The van der Waals surface area contributed by atoms with Crippen molar-refractivity contribution in [2.75, 3.05) is 0 Å². The van der Waals surface area contributed by atoms with Gasteiger partial charge in [0, 0.05) is 13.8 Å². The van der Waals surface area contributed by atoms with Gasteiger partial charge in [-0.3, -0.25) is 0 Å². The summed E-state index contributed by atoms with van der Waals surface area (Å²) in [6.07, 6.45) is 1.69. The summed E-state index contributed by atoms with van der Waals surface area (Å²) in [6.45, 7) is 4.95. The molecule has 0 spiro atoms. The Morgan fingerprint density at radius 3 is 2.72 bits per heavy atom. The van der Waals surface area contributed by atoms with E-state index in [0.29, 0.717) is 0 Å². The topological polar surface area (TPSA) is 45.5 Å². The highest BCUT2D eigenvalue weighted by molar-refractivity contribution is 5.70. The molecule has 0 bridgehead atoms. The number of imidazole rings is 1. The van der Waals surface area contributed by atoms with Crippen molar-refractivity contribution >= 4 is 11.2 Å². The van der Waals surface area contributed by atoms with E-state index < -0.39 is 0 Å². The van der Waals surface area contributed by atoms with Crippen molar-refractivity contribution in [3.63, 3.8) is 0 Å². The molecule has 4 heteroatoms. The molecule has 0 radical (unpaired) electrons. The van der Waals surface area contributed by atoms with Crippen molar-refractivity contribution in [2.24, 2.45) is 0 Å². The van der Waals surface area contributed by atoms with Crippen molar-refractivity contribution in [3.8, 4) is 0 Å². The van der Waals surface area contributed by atoms with Crippen LogP contribution < -0.4 is 4.57 Å². The number of fused-ring (bicyclic) bond motifs is 1. The monoisotopic (exact) mass is 239 g/mol. The summed E-state index contributed by atoms with van der Waals surface area (Å²) in [6, 6.07) is 10.4. The number of aryl methyl sites for hydroxylation is 2. The Kier molecular flexibility index (Phi) is 2.55. The minimum Gasteiger partial charge on any atom is -0.338 e. The Labute approximate surface area is 105 Å². The zero-order chi connectivity index (χ0) is 12.5. The molecule has 0 aliphatic heterocycles. The van der Waals surface area contributed by atoms with E-state index in [0.717, 1.165) is 23.5 Å². The van der Waals surface area contributed by atoms with Crippen LogP contribution in [0.4, 0.5) is 0 Å². The lowest BCUT2D eigenvalue weighted by molar-refractivity contribution is -0.701. The van der Waals surface area contributed by atoms with Gasteiger partial charge in [-0.2, -0.15) is 4.98 Å². The van der Waals surface area contributed by atoms with Crippen LogP contribution in [0.2, 0.25) is 0 Å². The first-order valence-electron chi connectivity index (χ1n) is 6.00. The van der Waals surface area contributed by atoms with Crippen LogP contribution in [0.1, 0.15) is 17.1 Å². The molecule has 0 aliphatic rings. The predicted molar refractivity (Wildman–Crippen MR) is 69.1 cm³/mol. The highest BCUT2D eigenvalue weighted by Crippen LogP contribution is 2.09. The molecule has 0 saturated carbocycles. The third-order valence-electron chi connectivity index (χ3n) is 3.23. The molecule has 0 amide bonds. The van der Waals surface area contributed by atoms with E-state index >= 15 is 0 Å². The van der Waals surface area contributed by atoms with Crippen LogP contribution in [-0.2, 0) is 6.54 Å². The normalized spacial score (nSPS) is 11.0. The Balaban J connectivity index is 2.11. The molecule has 0 unspecified atom stereocenters. The number of rotatable bonds is 2. The van der Waals surface area contributed by atoms with Gasteiger partial charge in [-0.25, -0.2) is 4.57 Å². The Morgan fingerprint density at radius 2 is 1.94 bits per heavy atom. The van der Waals surface area contributed by atoms with E-state index in [1.165, 1.54) is 11.3 Å². The Morgan fingerprint density at radius 1 is 1.17 bits per heavy atom. The second-order valence-corrected chi connectivity index (χ2v) is 4.42. The van der Waals surface area contributed by atoms with E-state index in [4.69, 9.17) is 0 Å². The third kappa shape index (κ3) is 1.76. The summed E-state index contributed by atoms with van der Waals surface area (Å²) in [5, 5.41) is 0. The second-order valence-electron chi connectivity index (χ2n) is 4.42. The third-order valence-corrected chi connectivity index (χ3v) is 3.23. The minimum atomic E-state index is 0.786. The molecular formula is C14H15N4+. The SMILES string of the molecule is Cc1nc2nc[nH]c2c(C)[n+]1Cc1ccccc1. The van der Waals surface area contributed by atoms with Crippen molar-refractivity contribution in [1.82, 2.24) is 15.0 Å². The molecule has 18 heavy (non-hydrogen) atoms. The number of aromatic amines is 1. The van der Waals surface area contributed by atoms with Gasteiger partial charge in [0.15, 0.2) is 5.52 Å². The second kappa shape index (κ2) is 4.22. The molecule has 3 rings (SSSR count). The van der Waals surface area contributed by atoms with E-state index in [-0.39, 0.29) is 0 Å². The lowest BCUT2D eigenvalue weighted by Crippen LogP contribution is -2.42. The molecule has 0 atom stereocenters. The fourth-order valence-electron chi connectivity index (χ4n) is 2.23. The van der Waals surface area contributed by atoms with Crippen LogP contribution in [0, 0.1) is 13.8 Å². The van der Waals surface area contributed by atoms with Crippen LogP contribution in [-0.4, -0.2) is 15.0 Å². The number of benzene rings is 1. The summed E-state index contributed by atoms with van der Waals surface area (Å²) in [4.78, 5) is 11.9. The first kappa shape index (κ1) is 10.9. The smallest absolute Gasteiger partial charge is 0.298 e. The number of hydrogen-bond acceptors (Lipinski definition) is 2. The number of H-pyrrole nitrogens is 1. The lowest BCUT2D eigenvalue weighted by Gasteiger charge is -2.06. The average Bonchev–Trinajstić information content (AvgIpc) is 2.84. The number of nitrogens with one attached hydrogen (secondary N) is 1. The maximum absolute atomic E-state index is 4.51. The number of nitrogens with zero attached hydrogens (tertiary/aromatic N) is 3. The quantitative estimate of drug-likeness (QED) is 0.694. The summed E-state index contributed by atoms with van der Waals surface area (Å²) >= 11 is 0. The molecule has 2 aromatic heterocycles. The summed E-state index contributed by atoms with van der Waals surface area (Å²) in [5.41, 5.74) is 4.24. The first-order valence-corrected chi connectivity index (χ1v) is 6.00. The van der Waals surface area contributed by atoms with E-state index in [2.05, 4.69) is 50.7 Å². The van der Waals surface area contributed by atoms with Gasteiger partial charge in [-0.15, -0.1) is 0 Å². The van der Waals surface area contributed by atoms with Crippen molar-refractivity contribution in [3.05, 3.63) is 53.7 Å². The Hall–Kier alpha value is -2.23. The van der Waals surface area contributed by atoms with Crippen LogP contribution in [0.15, 0.2) is 36.7 Å². The van der Waals surface area contributed by atoms with Gasteiger partial charge in [-0.1, -0.05) is 30.3 Å². The van der Waals surface area contributed by atoms with Crippen molar-refractivity contribution < 1.29 is 4.57 Å². The standard InChI is InChI=1S/C14H14N4/c1-10-13-14(16-9-15-13)17-11(2)18(10)8-12-6-4-3-5-7-12/h3-7,9H,8H2,1-2H3/p+1. The molecule has 90 valence electrons. The van der Waals surface area contributed by atoms with Gasteiger partial charge in [0.2, 0.25) is 0 Å². The average molecular weight is 239 g/mol. The van der Waals surface area contributed by atoms with Gasteiger partial charge in [0.25, 0.3) is 11.5 Å². The van der Waals surface area contributed by atoms with E-state index in [9.17, 15) is 0 Å². The largest absolute Gasteiger partial charge is 0.338 e. The zero-order valence-corrected chi connectivity index (χ0v) is 10.5. The van der Waals surface area contributed by atoms with Crippen molar-refractivity contribution in [1.29, 1.82) is 0 Å². The van der Waals surface area contributed by atoms with Crippen LogP contribution in [0.5, 0.6) is 0 Å². The molecule has 0 saturated heterocycles. The van der Waals surface area contributed by atoms with Crippen molar-refractivity contribution in [2.45, 2.75) is 20.4 Å².